The Morgan fingerprint density at radius 2 is 1.76 bits per heavy atom. The Labute approximate surface area is 242 Å². The summed E-state index contributed by atoms with van der Waals surface area (Å²) in [6.07, 6.45) is 1.24. The first kappa shape index (κ1) is 27.5. The van der Waals surface area contributed by atoms with Gasteiger partial charge < -0.3 is 29.2 Å². The van der Waals surface area contributed by atoms with Gasteiger partial charge >= 0.3 is 11.9 Å². The maximum absolute atomic E-state index is 13.5. The molecule has 2 N–H and O–H groups in total. The van der Waals surface area contributed by atoms with Gasteiger partial charge in [0.1, 0.15) is 30.5 Å². The van der Waals surface area contributed by atoms with Crippen molar-refractivity contribution >= 4 is 22.8 Å². The molecular formula is C32H31N3O7. The minimum Gasteiger partial charge on any atom is -0.492 e. The van der Waals surface area contributed by atoms with Gasteiger partial charge in [-0.2, -0.15) is 0 Å². The van der Waals surface area contributed by atoms with Crippen LogP contribution >= 0.6 is 0 Å². The molecule has 4 heterocycles. The molecule has 0 unspecified atom stereocenters. The topological polar surface area (TPSA) is 132 Å². The van der Waals surface area contributed by atoms with E-state index in [0.29, 0.717) is 61.0 Å². The highest BCUT2D eigenvalue weighted by Crippen LogP contribution is 2.39. The zero-order chi connectivity index (χ0) is 29.4. The Bertz CT molecular complexity index is 1760. The number of cyclic esters (lactones) is 1. The third kappa shape index (κ3) is 4.87. The van der Waals surface area contributed by atoms with E-state index < -0.39 is 11.9 Å². The number of hydrogen-bond donors (Lipinski definition) is 1. The second kappa shape index (κ2) is 11.3. The first-order chi connectivity index (χ1) is 20.4. The molecule has 10 heteroatoms. The van der Waals surface area contributed by atoms with Gasteiger partial charge in [0.15, 0.2) is 6.61 Å². The molecule has 0 saturated carbocycles. The Balaban J connectivity index is 1.25. The molecule has 2 aromatic carbocycles. The number of aromatic nitrogens is 2. The maximum atomic E-state index is 13.5. The zero-order valence-electron chi connectivity index (χ0n) is 23.5. The van der Waals surface area contributed by atoms with E-state index >= 15 is 0 Å². The molecule has 10 nitrogen and oxygen atoms in total. The predicted octanol–water partition coefficient (Wildman–Crippen LogP) is 3.86. The number of hydrogen-bond acceptors (Lipinski definition) is 9. The van der Waals surface area contributed by atoms with E-state index in [1.54, 1.807) is 41.0 Å². The van der Waals surface area contributed by atoms with E-state index in [0.717, 1.165) is 33.3 Å². The SMILES string of the molecule is CCc1c2c(nc3ccc(OC(=O)COc4ccc(OCCN)cc4)cc13)-c1cc3c(c(=O)n1C2)COC(=O)[C@@H]3CC. The number of pyridine rings is 2. The fourth-order valence-corrected chi connectivity index (χ4v) is 5.74. The van der Waals surface area contributed by atoms with Crippen LogP contribution in [-0.4, -0.2) is 41.2 Å². The van der Waals surface area contributed by atoms with Crippen molar-refractivity contribution in [2.75, 3.05) is 19.8 Å². The van der Waals surface area contributed by atoms with Crippen molar-refractivity contribution in [3.63, 3.8) is 0 Å². The van der Waals surface area contributed by atoms with Crippen LogP contribution in [-0.2, 0) is 33.9 Å². The van der Waals surface area contributed by atoms with E-state index in [9.17, 15) is 14.4 Å². The summed E-state index contributed by atoms with van der Waals surface area (Å²) >= 11 is 0. The number of aryl methyl sites for hydroxylation is 1. The quantitative estimate of drug-likeness (QED) is 0.208. The number of rotatable bonds is 9. The summed E-state index contributed by atoms with van der Waals surface area (Å²) in [7, 11) is 0. The number of benzene rings is 2. The molecule has 0 bridgehead atoms. The lowest BCUT2D eigenvalue weighted by Crippen LogP contribution is -2.32. The van der Waals surface area contributed by atoms with E-state index in [2.05, 4.69) is 0 Å². The summed E-state index contributed by atoms with van der Waals surface area (Å²) in [5, 5.41) is 0.853. The van der Waals surface area contributed by atoms with Gasteiger partial charge in [0.05, 0.1) is 34.9 Å². The van der Waals surface area contributed by atoms with Crippen LogP contribution in [0.15, 0.2) is 53.3 Å². The number of nitrogens with zero attached hydrogens (tertiary/aromatic N) is 2. The molecule has 1 atom stereocenters. The molecule has 0 amide bonds. The summed E-state index contributed by atoms with van der Waals surface area (Å²) in [5.74, 6) is 0.251. The lowest BCUT2D eigenvalue weighted by Gasteiger charge is -2.24. The van der Waals surface area contributed by atoms with Crippen LogP contribution in [0.4, 0.5) is 0 Å². The monoisotopic (exact) mass is 569 g/mol. The molecule has 2 aliphatic rings. The number of carbonyl (C=O) groups is 2. The van der Waals surface area contributed by atoms with Crippen molar-refractivity contribution in [3.05, 3.63) is 81.1 Å². The van der Waals surface area contributed by atoms with Gasteiger partial charge in [0, 0.05) is 17.5 Å². The van der Waals surface area contributed by atoms with E-state index in [1.165, 1.54) is 0 Å². The van der Waals surface area contributed by atoms with E-state index in [-0.39, 0.29) is 24.7 Å². The molecule has 216 valence electrons. The van der Waals surface area contributed by atoms with Gasteiger partial charge in [-0.25, -0.2) is 9.78 Å². The summed E-state index contributed by atoms with van der Waals surface area (Å²) in [6, 6.07) is 14.2. The van der Waals surface area contributed by atoms with Crippen molar-refractivity contribution in [2.45, 2.75) is 45.8 Å². The van der Waals surface area contributed by atoms with Crippen molar-refractivity contribution in [1.82, 2.24) is 9.55 Å². The van der Waals surface area contributed by atoms with Crippen molar-refractivity contribution in [1.29, 1.82) is 0 Å². The average molecular weight is 570 g/mol. The Kier molecular flexibility index (Phi) is 7.38. The van der Waals surface area contributed by atoms with E-state index in [4.69, 9.17) is 29.7 Å². The van der Waals surface area contributed by atoms with Crippen LogP contribution in [0.3, 0.4) is 0 Å². The molecule has 42 heavy (non-hydrogen) atoms. The second-order valence-corrected chi connectivity index (χ2v) is 10.2. The molecule has 0 saturated heterocycles. The minimum atomic E-state index is -0.545. The van der Waals surface area contributed by atoms with Crippen LogP contribution in [0, 0.1) is 0 Å². The van der Waals surface area contributed by atoms with Crippen molar-refractivity contribution in [3.8, 4) is 28.6 Å². The molecular weight excluding hydrogens is 538 g/mol. The van der Waals surface area contributed by atoms with Gasteiger partial charge in [-0.15, -0.1) is 0 Å². The highest BCUT2D eigenvalue weighted by molar-refractivity contribution is 5.90. The van der Waals surface area contributed by atoms with Gasteiger partial charge in [-0.05, 0) is 72.5 Å². The molecule has 0 fully saturated rings. The second-order valence-electron chi connectivity index (χ2n) is 10.2. The fraction of sp³-hybridized carbons (Fsp3) is 0.312. The van der Waals surface area contributed by atoms with Crippen LogP contribution in [0.5, 0.6) is 17.2 Å². The Morgan fingerprint density at radius 3 is 2.48 bits per heavy atom. The third-order valence-electron chi connectivity index (χ3n) is 7.75. The molecule has 6 rings (SSSR count). The molecule has 0 radical (unpaired) electrons. The molecule has 4 aromatic rings. The van der Waals surface area contributed by atoms with Crippen LogP contribution in [0.2, 0.25) is 0 Å². The average Bonchev–Trinajstić information content (AvgIpc) is 3.36. The normalized spacial score (nSPS) is 15.0. The standard InChI is InChI=1S/C32H31N3O7/c1-3-21-24-13-20(42-29(36)17-40-19-7-5-18(6-8-19)39-12-11-33)9-10-27(24)34-30-25(21)15-35-28(30)14-23-22(4-2)32(38)41-16-26(23)31(35)37/h5-10,13-14,22H,3-4,11-12,15-17,33H2,1-2H3/t22-/m1/s1. The largest absolute Gasteiger partial charge is 0.492 e. The predicted molar refractivity (Wildman–Crippen MR) is 155 cm³/mol. The first-order valence-corrected chi connectivity index (χ1v) is 14.1. The van der Waals surface area contributed by atoms with Crippen molar-refractivity contribution < 1.29 is 28.5 Å². The van der Waals surface area contributed by atoms with Gasteiger partial charge in [-0.1, -0.05) is 13.8 Å². The van der Waals surface area contributed by atoms with Crippen LogP contribution in [0.25, 0.3) is 22.3 Å². The fourth-order valence-electron chi connectivity index (χ4n) is 5.74. The van der Waals surface area contributed by atoms with Crippen LogP contribution < -0.4 is 25.5 Å². The highest BCUT2D eigenvalue weighted by atomic mass is 16.6. The zero-order valence-corrected chi connectivity index (χ0v) is 23.5. The third-order valence-corrected chi connectivity index (χ3v) is 7.75. The summed E-state index contributed by atoms with van der Waals surface area (Å²) < 4.78 is 23.6. The highest BCUT2D eigenvalue weighted by Gasteiger charge is 2.34. The Hall–Kier alpha value is -4.70. The van der Waals surface area contributed by atoms with Crippen molar-refractivity contribution in [2.24, 2.45) is 5.73 Å². The first-order valence-electron chi connectivity index (χ1n) is 14.1. The minimum absolute atomic E-state index is 0.0108. The number of ether oxygens (including phenoxy) is 4. The number of fused-ring (bicyclic) bond motifs is 5. The molecule has 0 aliphatic carbocycles. The summed E-state index contributed by atoms with van der Waals surface area (Å²) in [5.41, 5.74) is 10.7. The van der Waals surface area contributed by atoms with Gasteiger partial charge in [0.25, 0.3) is 5.56 Å². The summed E-state index contributed by atoms with van der Waals surface area (Å²) in [6.45, 7) is 4.90. The number of esters is 2. The molecule has 2 aromatic heterocycles. The number of carbonyl (C=O) groups excluding carboxylic acids is 2. The van der Waals surface area contributed by atoms with E-state index in [1.807, 2.05) is 26.0 Å². The van der Waals surface area contributed by atoms with Crippen LogP contribution in [0.1, 0.15) is 48.4 Å². The number of nitrogens with two attached hydrogens (primary N) is 1. The lowest BCUT2D eigenvalue weighted by molar-refractivity contribution is -0.148. The van der Waals surface area contributed by atoms with Gasteiger partial charge in [0.2, 0.25) is 0 Å². The summed E-state index contributed by atoms with van der Waals surface area (Å²) in [4.78, 5) is 43.4. The Morgan fingerprint density at radius 1 is 1.02 bits per heavy atom. The van der Waals surface area contributed by atoms with Gasteiger partial charge in [-0.3, -0.25) is 9.59 Å². The molecule has 2 aliphatic heterocycles. The maximum Gasteiger partial charge on any atom is 0.349 e. The lowest BCUT2D eigenvalue weighted by atomic mass is 9.90. The smallest absolute Gasteiger partial charge is 0.349 e. The molecule has 0 spiro atoms.